The minimum atomic E-state index is -2.05. The molecule has 0 bridgehead atoms. The van der Waals surface area contributed by atoms with E-state index in [1.165, 1.54) is 0 Å². The molecule has 1 heterocycles. The summed E-state index contributed by atoms with van der Waals surface area (Å²) in [4.78, 5) is 24.0. The lowest BCUT2D eigenvalue weighted by atomic mass is 9.95. The monoisotopic (exact) mass is 387 g/mol. The number of amides is 1. The van der Waals surface area contributed by atoms with Crippen molar-refractivity contribution < 1.29 is 23.6 Å². The Morgan fingerprint density at radius 1 is 1.48 bits per heavy atom. The van der Waals surface area contributed by atoms with Crippen molar-refractivity contribution in [3.8, 4) is 0 Å². The van der Waals surface area contributed by atoms with Crippen LogP contribution in [0, 0.1) is 0 Å². The summed E-state index contributed by atoms with van der Waals surface area (Å²) < 4.78 is 5.98. The number of nitrogens with zero attached hydrogens (tertiary/aromatic N) is 1. The third-order valence-corrected chi connectivity index (χ3v) is 10.3. The van der Waals surface area contributed by atoms with Gasteiger partial charge in [-0.25, -0.2) is 0 Å². The number of carboxylic acid groups (broad SMARTS) is 1. The number of ketones is 1. The van der Waals surface area contributed by atoms with Gasteiger partial charge in [-0.1, -0.05) is 27.4 Å². The van der Waals surface area contributed by atoms with Crippen LogP contribution in [0.2, 0.25) is 18.1 Å². The van der Waals surface area contributed by atoms with Crippen molar-refractivity contribution in [2.24, 2.45) is 0 Å². The first-order valence-electron chi connectivity index (χ1n) is 8.52. The van der Waals surface area contributed by atoms with E-state index in [-0.39, 0.29) is 40.9 Å². The Morgan fingerprint density at radius 2 is 2.08 bits per heavy atom. The highest BCUT2D eigenvalue weighted by Crippen LogP contribution is 2.37. The zero-order valence-corrected chi connectivity index (χ0v) is 17.7. The number of hydrogen-bond donors (Lipinski definition) is 0. The molecule has 5 nitrogen and oxygen atoms in total. The third kappa shape index (κ3) is 4.81. The average molecular weight is 388 g/mol. The molecule has 1 rings (SSSR count). The fourth-order valence-corrected chi connectivity index (χ4v) is 3.94. The molecule has 25 heavy (non-hydrogen) atoms. The number of carbonyl (C=O) groups is 2. The molecule has 1 unspecified atom stereocenters. The standard InChI is InChI=1S/C18H30ClNO4Si/c1-7-9-20(17(22)23)10-8-14(16(21)12-19)11-15(20)13-24-25(5,6)18(2,3)4/h7-8,15H,1,9-13H2,2-6H3/t15-,20?/m1/s1. The SMILES string of the molecule is C=CC[N+]1(C(=O)[O-])CC=C(C(=O)CCl)C[C@@H]1CO[Si](C)(C)C(C)(C)C. The van der Waals surface area contributed by atoms with Gasteiger partial charge in [-0.05, 0) is 30.3 Å². The predicted octanol–water partition coefficient (Wildman–Crippen LogP) is 2.86. The van der Waals surface area contributed by atoms with Crippen molar-refractivity contribution in [1.29, 1.82) is 0 Å². The van der Waals surface area contributed by atoms with Crippen molar-refractivity contribution in [3.63, 3.8) is 0 Å². The van der Waals surface area contributed by atoms with Gasteiger partial charge in [0.1, 0.15) is 19.1 Å². The fourth-order valence-electron chi connectivity index (χ4n) is 2.72. The van der Waals surface area contributed by atoms with Gasteiger partial charge < -0.3 is 14.3 Å². The molecule has 1 aliphatic rings. The second kappa shape index (κ2) is 8.16. The first kappa shape index (κ1) is 22.1. The number of quaternary nitrogens is 1. The molecular formula is C18H30ClNO4Si. The number of hydrogen-bond acceptors (Lipinski definition) is 4. The number of halogens is 1. The summed E-state index contributed by atoms with van der Waals surface area (Å²) in [6.45, 7) is 15.0. The smallest absolute Gasteiger partial charge is 0.258 e. The van der Waals surface area contributed by atoms with Gasteiger partial charge in [-0.15, -0.1) is 11.6 Å². The molecule has 142 valence electrons. The van der Waals surface area contributed by atoms with Crippen molar-refractivity contribution >= 4 is 31.8 Å². The molecule has 1 amide bonds. The maximum atomic E-state index is 12.0. The Bertz CT molecular complexity index is 568. The van der Waals surface area contributed by atoms with Gasteiger partial charge in [0.15, 0.2) is 14.1 Å². The summed E-state index contributed by atoms with van der Waals surface area (Å²) in [6.07, 6.45) is 2.41. The van der Waals surface area contributed by atoms with E-state index in [9.17, 15) is 14.7 Å². The van der Waals surface area contributed by atoms with E-state index in [2.05, 4.69) is 40.4 Å². The Labute approximate surface area is 157 Å². The van der Waals surface area contributed by atoms with Crippen LogP contribution in [0.15, 0.2) is 24.3 Å². The maximum absolute atomic E-state index is 12.0. The maximum Gasteiger partial charge on any atom is 0.258 e. The zero-order chi connectivity index (χ0) is 19.5. The normalized spacial score (nSPS) is 24.6. The Kier molecular flexibility index (Phi) is 7.21. The van der Waals surface area contributed by atoms with Crippen LogP contribution in [0.1, 0.15) is 27.2 Å². The minimum Gasteiger partial charge on any atom is -0.498 e. The molecule has 1 aliphatic heterocycles. The van der Waals surface area contributed by atoms with Crippen molar-refractivity contribution in [2.45, 2.75) is 51.4 Å². The quantitative estimate of drug-likeness (QED) is 0.291. The number of carbonyl (C=O) groups excluding carboxylic acids is 2. The van der Waals surface area contributed by atoms with Crippen LogP contribution in [0.5, 0.6) is 0 Å². The molecule has 0 aromatic heterocycles. The average Bonchev–Trinajstić information content (AvgIpc) is 2.51. The van der Waals surface area contributed by atoms with Gasteiger partial charge >= 0.3 is 0 Å². The second-order valence-corrected chi connectivity index (χ2v) is 13.2. The lowest BCUT2D eigenvalue weighted by molar-refractivity contribution is -0.891. The highest BCUT2D eigenvalue weighted by molar-refractivity contribution is 6.74. The molecule has 0 radical (unpaired) electrons. The van der Waals surface area contributed by atoms with Gasteiger partial charge in [-0.3, -0.25) is 9.28 Å². The van der Waals surface area contributed by atoms with Gasteiger partial charge in [0, 0.05) is 12.0 Å². The van der Waals surface area contributed by atoms with Crippen molar-refractivity contribution in [2.75, 3.05) is 25.6 Å². The van der Waals surface area contributed by atoms with Gasteiger partial charge in [0.05, 0.1) is 12.5 Å². The molecule has 0 aromatic rings. The summed E-state index contributed by atoms with van der Waals surface area (Å²) >= 11 is 5.67. The molecule has 0 N–H and O–H groups in total. The number of alkyl halides is 1. The molecule has 0 saturated carbocycles. The summed E-state index contributed by atoms with van der Waals surface area (Å²) in [5.41, 5.74) is 0.581. The molecule has 7 heteroatoms. The summed E-state index contributed by atoms with van der Waals surface area (Å²) in [6, 6.07) is -0.399. The van der Waals surface area contributed by atoms with Crippen LogP contribution < -0.4 is 5.11 Å². The highest BCUT2D eigenvalue weighted by Gasteiger charge is 2.45. The minimum absolute atomic E-state index is 0.0157. The van der Waals surface area contributed by atoms with Crippen LogP contribution in [-0.2, 0) is 9.22 Å². The van der Waals surface area contributed by atoms with Crippen LogP contribution in [0.4, 0.5) is 4.79 Å². The zero-order valence-electron chi connectivity index (χ0n) is 15.9. The molecule has 0 fully saturated rings. The molecule has 0 aromatic carbocycles. The third-order valence-electron chi connectivity index (χ3n) is 5.56. The van der Waals surface area contributed by atoms with Crippen LogP contribution in [0.25, 0.3) is 0 Å². The summed E-state index contributed by atoms with van der Waals surface area (Å²) in [5.74, 6) is -0.261. The van der Waals surface area contributed by atoms with Crippen molar-refractivity contribution in [1.82, 2.24) is 0 Å². The predicted molar refractivity (Wildman–Crippen MR) is 101 cm³/mol. The summed E-state index contributed by atoms with van der Waals surface area (Å²) in [5, 5.41) is 12.0. The second-order valence-electron chi connectivity index (χ2n) is 8.17. The Hall–Kier alpha value is -0.953. The van der Waals surface area contributed by atoms with Gasteiger partial charge in [0.25, 0.3) is 6.09 Å². The van der Waals surface area contributed by atoms with Crippen molar-refractivity contribution in [3.05, 3.63) is 24.3 Å². The largest absolute Gasteiger partial charge is 0.498 e. The van der Waals surface area contributed by atoms with E-state index in [4.69, 9.17) is 16.0 Å². The number of rotatable bonds is 7. The molecule has 0 saturated heterocycles. The molecule has 0 spiro atoms. The Balaban J connectivity index is 3.14. The lowest BCUT2D eigenvalue weighted by Crippen LogP contribution is -2.67. The van der Waals surface area contributed by atoms with E-state index in [1.807, 2.05) is 0 Å². The Morgan fingerprint density at radius 3 is 2.52 bits per heavy atom. The van der Waals surface area contributed by atoms with E-state index in [0.717, 1.165) is 0 Å². The first-order valence-corrected chi connectivity index (χ1v) is 12.0. The lowest BCUT2D eigenvalue weighted by Gasteiger charge is -2.47. The van der Waals surface area contributed by atoms with E-state index in [1.54, 1.807) is 12.2 Å². The van der Waals surface area contributed by atoms with Crippen LogP contribution >= 0.6 is 11.6 Å². The van der Waals surface area contributed by atoms with E-state index >= 15 is 0 Å². The van der Waals surface area contributed by atoms with Crippen LogP contribution in [-0.4, -0.2) is 56.3 Å². The molecule has 0 aliphatic carbocycles. The van der Waals surface area contributed by atoms with E-state index in [0.29, 0.717) is 12.0 Å². The van der Waals surface area contributed by atoms with Gasteiger partial charge in [-0.2, -0.15) is 0 Å². The highest BCUT2D eigenvalue weighted by atomic mass is 35.5. The molecular weight excluding hydrogens is 358 g/mol. The van der Waals surface area contributed by atoms with Gasteiger partial charge in [0.2, 0.25) is 0 Å². The van der Waals surface area contributed by atoms with Crippen LogP contribution in [0.3, 0.4) is 0 Å². The molecule has 2 atom stereocenters. The fraction of sp³-hybridized carbons (Fsp3) is 0.667. The van der Waals surface area contributed by atoms with E-state index < -0.39 is 20.5 Å². The topological polar surface area (TPSA) is 66.4 Å². The summed E-state index contributed by atoms with van der Waals surface area (Å²) in [7, 11) is -2.05. The number of Topliss-reactive ketones (excluding diaryl/α,β-unsaturated/α-hetero) is 1. The first-order chi connectivity index (χ1) is 11.4.